The van der Waals surface area contributed by atoms with Crippen LogP contribution in [0.4, 0.5) is 0 Å². The molecular formula is C18H21ClN2OS. The molecule has 122 valence electrons. The van der Waals surface area contributed by atoms with Crippen molar-refractivity contribution in [1.82, 2.24) is 10.2 Å². The average molecular weight is 349 g/mol. The van der Waals surface area contributed by atoms with Crippen LogP contribution >= 0.6 is 22.9 Å². The average Bonchev–Trinajstić information content (AvgIpc) is 2.99. The van der Waals surface area contributed by atoms with E-state index in [2.05, 4.69) is 35.5 Å². The molecule has 0 unspecified atom stereocenters. The van der Waals surface area contributed by atoms with Crippen LogP contribution < -0.4 is 5.32 Å². The highest BCUT2D eigenvalue weighted by Crippen LogP contribution is 2.35. The number of hydrogen-bond acceptors (Lipinski definition) is 3. The fraction of sp³-hybridized carbons (Fsp3) is 0.389. The molecule has 0 fully saturated rings. The monoisotopic (exact) mass is 348 g/mol. The molecule has 2 heterocycles. The van der Waals surface area contributed by atoms with Gasteiger partial charge in [-0.2, -0.15) is 0 Å². The van der Waals surface area contributed by atoms with E-state index < -0.39 is 0 Å². The van der Waals surface area contributed by atoms with Crippen molar-refractivity contribution in [1.29, 1.82) is 0 Å². The van der Waals surface area contributed by atoms with Crippen molar-refractivity contribution in [3.8, 4) is 0 Å². The molecule has 2 atom stereocenters. The molecule has 0 saturated carbocycles. The van der Waals surface area contributed by atoms with Crippen LogP contribution in [0.25, 0.3) is 0 Å². The van der Waals surface area contributed by atoms with E-state index in [0.29, 0.717) is 29.2 Å². The van der Waals surface area contributed by atoms with Crippen molar-refractivity contribution < 1.29 is 4.79 Å². The smallest absolute Gasteiger partial charge is 0.252 e. The van der Waals surface area contributed by atoms with Crippen LogP contribution in [0.1, 0.15) is 40.7 Å². The first-order chi connectivity index (χ1) is 11.1. The molecule has 1 aromatic heterocycles. The van der Waals surface area contributed by atoms with Gasteiger partial charge in [0.2, 0.25) is 0 Å². The Balaban J connectivity index is 1.59. The Hall–Kier alpha value is -1.36. The van der Waals surface area contributed by atoms with Crippen molar-refractivity contribution in [2.45, 2.75) is 32.4 Å². The minimum absolute atomic E-state index is 0.107. The Morgan fingerprint density at radius 1 is 1.35 bits per heavy atom. The van der Waals surface area contributed by atoms with Crippen molar-refractivity contribution in [3.63, 3.8) is 0 Å². The molecule has 1 amide bonds. The minimum Gasteiger partial charge on any atom is -0.351 e. The molecule has 2 aromatic rings. The lowest BCUT2D eigenvalue weighted by atomic mass is 9.97. The minimum atomic E-state index is -0.107. The van der Waals surface area contributed by atoms with E-state index >= 15 is 0 Å². The highest BCUT2D eigenvalue weighted by molar-refractivity contribution is 7.10. The number of carbonyl (C=O) groups excluding carboxylic acids is 1. The zero-order valence-corrected chi connectivity index (χ0v) is 15.0. The molecule has 3 nitrogen and oxygen atoms in total. The maximum absolute atomic E-state index is 12.2. The number of benzene rings is 1. The van der Waals surface area contributed by atoms with Gasteiger partial charge < -0.3 is 5.32 Å². The van der Waals surface area contributed by atoms with Crippen LogP contribution in [0.3, 0.4) is 0 Å². The lowest BCUT2D eigenvalue weighted by Crippen LogP contribution is -2.44. The zero-order chi connectivity index (χ0) is 16.4. The molecule has 1 aliphatic heterocycles. The fourth-order valence-corrected chi connectivity index (χ4v) is 4.54. The van der Waals surface area contributed by atoms with Gasteiger partial charge in [-0.25, -0.2) is 0 Å². The summed E-state index contributed by atoms with van der Waals surface area (Å²) in [5, 5.41) is 5.65. The van der Waals surface area contributed by atoms with Gasteiger partial charge >= 0.3 is 0 Å². The van der Waals surface area contributed by atoms with E-state index in [4.69, 9.17) is 11.6 Å². The third kappa shape index (κ3) is 3.44. The molecule has 1 aromatic carbocycles. The van der Waals surface area contributed by atoms with E-state index in [1.807, 2.05) is 23.5 Å². The molecule has 1 N–H and O–H groups in total. The normalized spacial score (nSPS) is 21.0. The molecule has 5 heteroatoms. The molecule has 1 aliphatic rings. The summed E-state index contributed by atoms with van der Waals surface area (Å²) >= 11 is 7.90. The second-order valence-corrected chi connectivity index (χ2v) is 7.37. The quantitative estimate of drug-likeness (QED) is 0.900. The number of thiophene rings is 1. The fourth-order valence-electron chi connectivity index (χ4n) is 3.30. The Kier molecular flexibility index (Phi) is 5.05. The van der Waals surface area contributed by atoms with Crippen molar-refractivity contribution in [2.75, 3.05) is 13.1 Å². The van der Waals surface area contributed by atoms with E-state index in [1.165, 1.54) is 10.4 Å². The van der Waals surface area contributed by atoms with E-state index in [0.717, 1.165) is 13.0 Å². The SMILES string of the molecule is C[C@@H]1Cc2ccsc2[C@H](C)N1CCNC(=O)c1ccccc1Cl. The van der Waals surface area contributed by atoms with Gasteiger partial charge in [0.05, 0.1) is 10.6 Å². The molecule has 0 saturated heterocycles. The van der Waals surface area contributed by atoms with Gasteiger partial charge in [-0.15, -0.1) is 11.3 Å². The van der Waals surface area contributed by atoms with E-state index in [-0.39, 0.29) is 5.91 Å². The second kappa shape index (κ2) is 7.04. The molecule has 0 spiro atoms. The first-order valence-corrected chi connectivity index (χ1v) is 9.18. The third-order valence-electron chi connectivity index (χ3n) is 4.51. The van der Waals surface area contributed by atoms with Crippen LogP contribution in [0.2, 0.25) is 5.02 Å². The maximum atomic E-state index is 12.2. The molecule has 23 heavy (non-hydrogen) atoms. The van der Waals surface area contributed by atoms with Crippen molar-refractivity contribution in [2.24, 2.45) is 0 Å². The summed E-state index contributed by atoms with van der Waals surface area (Å²) in [5.41, 5.74) is 2.01. The maximum Gasteiger partial charge on any atom is 0.252 e. The molecule has 0 radical (unpaired) electrons. The topological polar surface area (TPSA) is 32.3 Å². The Morgan fingerprint density at radius 2 is 2.13 bits per heavy atom. The summed E-state index contributed by atoms with van der Waals surface area (Å²) in [7, 11) is 0. The highest BCUT2D eigenvalue weighted by Gasteiger charge is 2.29. The van der Waals surface area contributed by atoms with Gasteiger partial charge in [-0.3, -0.25) is 9.69 Å². The molecular weight excluding hydrogens is 328 g/mol. The Labute approximate surface area is 146 Å². The van der Waals surface area contributed by atoms with Gasteiger partial charge in [0, 0.05) is 30.1 Å². The largest absolute Gasteiger partial charge is 0.351 e. The zero-order valence-electron chi connectivity index (χ0n) is 13.4. The lowest BCUT2D eigenvalue weighted by Gasteiger charge is -2.38. The number of carbonyl (C=O) groups is 1. The summed E-state index contributed by atoms with van der Waals surface area (Å²) in [4.78, 5) is 16.1. The summed E-state index contributed by atoms with van der Waals surface area (Å²) in [5.74, 6) is -0.107. The first-order valence-electron chi connectivity index (χ1n) is 7.92. The summed E-state index contributed by atoms with van der Waals surface area (Å²) in [6, 6.07) is 10.3. The van der Waals surface area contributed by atoms with E-state index in [1.54, 1.807) is 12.1 Å². The third-order valence-corrected chi connectivity index (χ3v) is 5.97. The van der Waals surface area contributed by atoms with Crippen LogP contribution in [0.5, 0.6) is 0 Å². The Morgan fingerprint density at radius 3 is 2.91 bits per heavy atom. The Bertz CT molecular complexity index is 700. The predicted octanol–water partition coefficient (Wildman–Crippen LogP) is 4.14. The molecule has 3 rings (SSSR count). The van der Waals surface area contributed by atoms with Gasteiger partial charge in [0.25, 0.3) is 5.91 Å². The number of nitrogens with one attached hydrogen (secondary N) is 1. The standard InChI is InChI=1S/C18H21ClN2OS/c1-12-11-14-7-10-23-17(14)13(2)21(12)9-8-20-18(22)15-5-3-4-6-16(15)19/h3-7,10,12-13H,8-9,11H2,1-2H3,(H,20,22)/t12-,13+/m1/s1. The van der Waals surface area contributed by atoms with Crippen LogP contribution in [0, 0.1) is 0 Å². The number of hydrogen-bond donors (Lipinski definition) is 1. The molecule has 0 bridgehead atoms. The summed E-state index contributed by atoms with van der Waals surface area (Å²) in [6.45, 7) is 5.98. The van der Waals surface area contributed by atoms with Crippen LogP contribution in [-0.2, 0) is 6.42 Å². The number of fused-ring (bicyclic) bond motifs is 1. The first kappa shape index (κ1) is 16.5. The number of halogens is 1. The second-order valence-electron chi connectivity index (χ2n) is 6.01. The predicted molar refractivity (Wildman–Crippen MR) is 96.4 cm³/mol. The van der Waals surface area contributed by atoms with Crippen LogP contribution in [-0.4, -0.2) is 29.9 Å². The number of amides is 1. The van der Waals surface area contributed by atoms with Crippen molar-refractivity contribution >= 4 is 28.8 Å². The van der Waals surface area contributed by atoms with Gasteiger partial charge in [-0.1, -0.05) is 23.7 Å². The van der Waals surface area contributed by atoms with Gasteiger partial charge in [0.15, 0.2) is 0 Å². The van der Waals surface area contributed by atoms with E-state index in [9.17, 15) is 4.79 Å². The summed E-state index contributed by atoms with van der Waals surface area (Å²) in [6.07, 6.45) is 1.08. The summed E-state index contributed by atoms with van der Waals surface area (Å²) < 4.78 is 0. The highest BCUT2D eigenvalue weighted by atomic mass is 35.5. The number of nitrogens with zero attached hydrogens (tertiary/aromatic N) is 1. The van der Waals surface area contributed by atoms with Crippen LogP contribution in [0.15, 0.2) is 35.7 Å². The number of rotatable bonds is 4. The van der Waals surface area contributed by atoms with Gasteiger partial charge in [-0.05, 0) is 49.4 Å². The lowest BCUT2D eigenvalue weighted by molar-refractivity contribution is 0.0930. The molecule has 0 aliphatic carbocycles. The van der Waals surface area contributed by atoms with Gasteiger partial charge in [0.1, 0.15) is 0 Å². The van der Waals surface area contributed by atoms with Crippen molar-refractivity contribution in [3.05, 3.63) is 56.7 Å².